The van der Waals surface area contributed by atoms with Gasteiger partial charge in [0.2, 0.25) is 0 Å². The summed E-state index contributed by atoms with van der Waals surface area (Å²) in [4.78, 5) is 30.0. The minimum atomic E-state index is -0.0355. The van der Waals surface area contributed by atoms with Gasteiger partial charge in [-0.15, -0.1) is 0 Å². The van der Waals surface area contributed by atoms with Gasteiger partial charge in [0.1, 0.15) is 23.3 Å². The molecule has 7 nitrogen and oxygen atoms in total. The fourth-order valence-electron chi connectivity index (χ4n) is 3.29. The minimum Gasteiger partial charge on any atom is -0.353 e. The predicted molar refractivity (Wildman–Crippen MR) is 114 cm³/mol. The van der Waals surface area contributed by atoms with Crippen molar-refractivity contribution >= 4 is 35.0 Å². The van der Waals surface area contributed by atoms with Gasteiger partial charge < -0.3 is 15.1 Å². The summed E-state index contributed by atoms with van der Waals surface area (Å²) in [6.45, 7) is 4.46. The van der Waals surface area contributed by atoms with Crippen molar-refractivity contribution < 1.29 is 4.79 Å². The van der Waals surface area contributed by atoms with Crippen molar-refractivity contribution in [2.45, 2.75) is 6.92 Å². The number of hydrogen-bond acceptors (Lipinski definition) is 6. The van der Waals surface area contributed by atoms with E-state index in [1.165, 1.54) is 0 Å². The summed E-state index contributed by atoms with van der Waals surface area (Å²) in [7, 11) is 0. The van der Waals surface area contributed by atoms with E-state index in [1.807, 2.05) is 48.2 Å². The topological polar surface area (TPSA) is 74.2 Å². The zero-order valence-corrected chi connectivity index (χ0v) is 16.8. The Morgan fingerprint density at radius 1 is 1.00 bits per heavy atom. The van der Waals surface area contributed by atoms with Gasteiger partial charge in [0.15, 0.2) is 0 Å². The SMILES string of the molecule is Cc1nc(Nc2ccccn2)cc(N2CCN(C(=O)c3ccccc3Cl)CC2)n1. The maximum Gasteiger partial charge on any atom is 0.255 e. The van der Waals surface area contributed by atoms with Crippen LogP contribution in [0.15, 0.2) is 54.7 Å². The van der Waals surface area contributed by atoms with E-state index in [0.717, 1.165) is 11.6 Å². The van der Waals surface area contributed by atoms with E-state index in [2.05, 4.69) is 25.2 Å². The van der Waals surface area contributed by atoms with E-state index in [4.69, 9.17) is 11.6 Å². The Morgan fingerprint density at radius 2 is 1.76 bits per heavy atom. The molecule has 0 bridgehead atoms. The third-order valence-electron chi connectivity index (χ3n) is 4.74. The first-order valence-electron chi connectivity index (χ1n) is 9.42. The highest BCUT2D eigenvalue weighted by Gasteiger charge is 2.24. The summed E-state index contributed by atoms with van der Waals surface area (Å²) in [6.07, 6.45) is 1.73. The number of nitrogens with one attached hydrogen (secondary N) is 1. The highest BCUT2D eigenvalue weighted by molar-refractivity contribution is 6.33. The summed E-state index contributed by atoms with van der Waals surface area (Å²) in [5.74, 6) is 2.90. The molecule has 3 heterocycles. The van der Waals surface area contributed by atoms with Gasteiger partial charge in [-0.1, -0.05) is 29.8 Å². The maximum absolute atomic E-state index is 12.8. The number of aryl methyl sites for hydroxylation is 1. The Kier molecular flexibility index (Phi) is 5.57. The lowest BCUT2D eigenvalue weighted by molar-refractivity contribution is 0.0746. The zero-order valence-electron chi connectivity index (χ0n) is 16.0. The molecule has 0 atom stereocenters. The van der Waals surface area contributed by atoms with Crippen LogP contribution < -0.4 is 10.2 Å². The number of halogens is 1. The van der Waals surface area contributed by atoms with E-state index < -0.39 is 0 Å². The molecule has 1 amide bonds. The average Bonchev–Trinajstić information content (AvgIpc) is 2.74. The van der Waals surface area contributed by atoms with E-state index in [0.29, 0.717) is 48.4 Å². The molecule has 0 aliphatic carbocycles. The quantitative estimate of drug-likeness (QED) is 0.711. The molecule has 8 heteroatoms. The van der Waals surface area contributed by atoms with Crippen molar-refractivity contribution in [3.63, 3.8) is 0 Å². The average molecular weight is 409 g/mol. The van der Waals surface area contributed by atoms with Crippen LogP contribution in [0.3, 0.4) is 0 Å². The minimum absolute atomic E-state index is 0.0355. The molecule has 1 saturated heterocycles. The first-order valence-corrected chi connectivity index (χ1v) is 9.80. The lowest BCUT2D eigenvalue weighted by Gasteiger charge is -2.35. The van der Waals surface area contributed by atoms with Crippen LogP contribution in [0, 0.1) is 6.92 Å². The molecule has 29 heavy (non-hydrogen) atoms. The Hall–Kier alpha value is -3.19. The van der Waals surface area contributed by atoms with Gasteiger partial charge in [-0.05, 0) is 31.2 Å². The number of aromatic nitrogens is 3. The number of anilines is 3. The number of amides is 1. The number of piperazine rings is 1. The number of carbonyl (C=O) groups is 1. The van der Waals surface area contributed by atoms with Crippen molar-refractivity contribution in [3.05, 3.63) is 71.1 Å². The third kappa shape index (κ3) is 4.46. The van der Waals surface area contributed by atoms with E-state index in [1.54, 1.807) is 18.3 Å². The van der Waals surface area contributed by atoms with Crippen LogP contribution in [0.4, 0.5) is 17.5 Å². The maximum atomic E-state index is 12.8. The van der Waals surface area contributed by atoms with Crippen LogP contribution >= 0.6 is 11.6 Å². The summed E-state index contributed by atoms with van der Waals surface area (Å²) in [6, 6.07) is 14.7. The van der Waals surface area contributed by atoms with Gasteiger partial charge in [0.05, 0.1) is 10.6 Å². The molecule has 0 saturated carbocycles. The van der Waals surface area contributed by atoms with Gasteiger partial charge in [-0.2, -0.15) is 0 Å². The molecule has 1 N–H and O–H groups in total. The monoisotopic (exact) mass is 408 g/mol. The van der Waals surface area contributed by atoms with Gasteiger partial charge in [-0.25, -0.2) is 15.0 Å². The van der Waals surface area contributed by atoms with Crippen LogP contribution in [-0.4, -0.2) is 51.9 Å². The first-order chi connectivity index (χ1) is 14.1. The highest BCUT2D eigenvalue weighted by atomic mass is 35.5. The van der Waals surface area contributed by atoms with E-state index in [9.17, 15) is 4.79 Å². The van der Waals surface area contributed by atoms with E-state index >= 15 is 0 Å². The smallest absolute Gasteiger partial charge is 0.255 e. The largest absolute Gasteiger partial charge is 0.353 e. The second kappa shape index (κ2) is 8.45. The fourth-order valence-corrected chi connectivity index (χ4v) is 3.51. The first kappa shape index (κ1) is 19.1. The second-order valence-corrected chi connectivity index (χ2v) is 7.16. The molecule has 2 aromatic heterocycles. The molecule has 3 aromatic rings. The van der Waals surface area contributed by atoms with Crippen LogP contribution in [0.5, 0.6) is 0 Å². The van der Waals surface area contributed by atoms with Crippen LogP contribution in [-0.2, 0) is 0 Å². The van der Waals surface area contributed by atoms with Crippen molar-refractivity contribution in [3.8, 4) is 0 Å². The Bertz CT molecular complexity index is 1010. The molecular formula is C21H21ClN6O. The molecule has 1 fully saturated rings. The number of benzene rings is 1. The molecule has 0 radical (unpaired) electrons. The number of nitrogens with zero attached hydrogens (tertiary/aromatic N) is 5. The lowest BCUT2D eigenvalue weighted by atomic mass is 10.2. The van der Waals surface area contributed by atoms with Crippen molar-refractivity contribution in [1.82, 2.24) is 19.9 Å². The standard InChI is InChI=1S/C21H21ClN6O/c1-15-24-19(26-18-8-4-5-9-23-18)14-20(25-15)27-10-12-28(13-11-27)21(29)16-6-2-3-7-17(16)22/h2-9,14H,10-13H2,1H3,(H,23,24,25,26). The van der Waals surface area contributed by atoms with E-state index in [-0.39, 0.29) is 5.91 Å². The Morgan fingerprint density at radius 3 is 2.48 bits per heavy atom. The van der Waals surface area contributed by atoms with Crippen LogP contribution in [0.25, 0.3) is 0 Å². The van der Waals surface area contributed by atoms with Crippen molar-refractivity contribution in [1.29, 1.82) is 0 Å². The normalized spacial score (nSPS) is 14.0. The van der Waals surface area contributed by atoms with Crippen LogP contribution in [0.2, 0.25) is 5.02 Å². The Labute approximate surface area is 174 Å². The molecule has 1 aliphatic rings. The van der Waals surface area contributed by atoms with Gasteiger partial charge >= 0.3 is 0 Å². The summed E-state index contributed by atoms with van der Waals surface area (Å²) in [5, 5.41) is 3.69. The molecule has 0 unspecified atom stereocenters. The van der Waals surface area contributed by atoms with Gasteiger partial charge in [0.25, 0.3) is 5.91 Å². The zero-order chi connectivity index (χ0) is 20.2. The molecular weight excluding hydrogens is 388 g/mol. The Balaban J connectivity index is 1.44. The molecule has 1 aliphatic heterocycles. The third-order valence-corrected chi connectivity index (χ3v) is 5.07. The van der Waals surface area contributed by atoms with Crippen molar-refractivity contribution in [2.24, 2.45) is 0 Å². The number of pyridine rings is 1. The predicted octanol–water partition coefficient (Wildman–Crippen LogP) is 3.54. The molecule has 1 aromatic carbocycles. The fraction of sp³-hybridized carbons (Fsp3) is 0.238. The summed E-state index contributed by atoms with van der Waals surface area (Å²) < 4.78 is 0. The van der Waals surface area contributed by atoms with Crippen molar-refractivity contribution in [2.75, 3.05) is 36.4 Å². The highest BCUT2D eigenvalue weighted by Crippen LogP contribution is 2.22. The summed E-state index contributed by atoms with van der Waals surface area (Å²) in [5.41, 5.74) is 0.544. The number of carbonyl (C=O) groups excluding carboxylic acids is 1. The molecule has 4 rings (SSSR count). The number of rotatable bonds is 4. The second-order valence-electron chi connectivity index (χ2n) is 6.76. The molecule has 0 spiro atoms. The summed E-state index contributed by atoms with van der Waals surface area (Å²) >= 11 is 6.18. The van der Waals surface area contributed by atoms with Crippen LogP contribution in [0.1, 0.15) is 16.2 Å². The number of hydrogen-bond donors (Lipinski definition) is 1. The molecule has 148 valence electrons. The van der Waals surface area contributed by atoms with Gasteiger partial charge in [-0.3, -0.25) is 4.79 Å². The lowest BCUT2D eigenvalue weighted by Crippen LogP contribution is -2.49. The van der Waals surface area contributed by atoms with Gasteiger partial charge in [0, 0.05) is 38.4 Å².